The predicted molar refractivity (Wildman–Crippen MR) is 74.4 cm³/mol. The highest BCUT2D eigenvalue weighted by Crippen LogP contribution is 2.22. The number of carboxylic acid groups (broad SMARTS) is 1. The van der Waals surface area contributed by atoms with Crippen LogP contribution in [0.5, 0.6) is 0 Å². The number of hydrogen-bond acceptors (Lipinski definition) is 6. The molecule has 0 unspecified atom stereocenters. The summed E-state index contributed by atoms with van der Waals surface area (Å²) in [5.74, 6) is -4.11. The predicted octanol–water partition coefficient (Wildman–Crippen LogP) is -0.384. The zero-order valence-corrected chi connectivity index (χ0v) is 13.1. The van der Waals surface area contributed by atoms with Crippen LogP contribution in [-0.2, 0) is 23.9 Å². The fraction of sp³-hybridized carbons (Fsp3) is 0.615. The van der Waals surface area contributed by atoms with Gasteiger partial charge < -0.3 is 15.6 Å². The average Bonchev–Trinajstić information content (AvgIpc) is 2.67. The second-order valence-corrected chi connectivity index (χ2v) is 5.95. The van der Waals surface area contributed by atoms with E-state index in [0.717, 1.165) is 0 Å². The Balaban J connectivity index is 3.26. The number of carboxylic acids is 1. The Bertz CT molecular complexity index is 536. The smallest absolute Gasteiger partial charge is 0.430 e. The second kappa shape index (κ2) is 6.63. The van der Waals surface area contributed by atoms with E-state index in [1.165, 1.54) is 20.8 Å². The molecule has 10 heteroatoms. The van der Waals surface area contributed by atoms with Crippen molar-refractivity contribution in [1.82, 2.24) is 10.0 Å². The molecule has 1 atom stereocenters. The molecule has 23 heavy (non-hydrogen) atoms. The van der Waals surface area contributed by atoms with Crippen LogP contribution < -0.4 is 5.73 Å². The molecular weight excluding hydrogens is 310 g/mol. The maximum absolute atomic E-state index is 12.3. The van der Waals surface area contributed by atoms with Crippen molar-refractivity contribution in [3.63, 3.8) is 0 Å². The summed E-state index contributed by atoms with van der Waals surface area (Å²) in [6.07, 6.45) is -2.33. The molecule has 0 saturated carbocycles. The summed E-state index contributed by atoms with van der Waals surface area (Å²) in [6.45, 7) is 4.59. The first-order valence-corrected chi connectivity index (χ1v) is 6.83. The Hall–Kier alpha value is -2.65. The maximum atomic E-state index is 12.3. The van der Waals surface area contributed by atoms with Gasteiger partial charge in [0.05, 0.1) is 6.42 Å². The van der Waals surface area contributed by atoms with E-state index in [9.17, 15) is 29.1 Å². The van der Waals surface area contributed by atoms with E-state index < -0.39 is 47.8 Å². The first kappa shape index (κ1) is 18.4. The summed E-state index contributed by atoms with van der Waals surface area (Å²) in [4.78, 5) is 58.5. The van der Waals surface area contributed by atoms with E-state index in [0.29, 0.717) is 10.0 Å². The third-order valence-corrected chi connectivity index (χ3v) is 2.80. The minimum atomic E-state index is -1.83. The molecule has 0 aromatic carbocycles. The molecule has 10 nitrogen and oxygen atoms in total. The Morgan fingerprint density at radius 2 is 1.74 bits per heavy atom. The molecule has 0 aromatic rings. The van der Waals surface area contributed by atoms with Crippen molar-refractivity contribution in [2.45, 2.75) is 51.7 Å². The maximum Gasteiger partial charge on any atom is 0.430 e. The molecule has 1 rings (SSSR count). The lowest BCUT2D eigenvalue weighted by atomic mass is 10.2. The number of rotatable bonds is 5. The van der Waals surface area contributed by atoms with Crippen LogP contribution in [0.15, 0.2) is 0 Å². The van der Waals surface area contributed by atoms with Crippen LogP contribution in [0.3, 0.4) is 0 Å². The molecule has 1 aliphatic rings. The van der Waals surface area contributed by atoms with Crippen LogP contribution >= 0.6 is 0 Å². The van der Waals surface area contributed by atoms with Gasteiger partial charge in [-0.25, -0.2) is 9.59 Å². The fourth-order valence-corrected chi connectivity index (χ4v) is 1.93. The number of primary amides is 1. The molecule has 3 N–H and O–H groups in total. The lowest BCUT2D eigenvalue weighted by molar-refractivity contribution is -0.167. The zero-order chi connectivity index (χ0) is 17.9. The van der Waals surface area contributed by atoms with E-state index in [1.54, 1.807) is 0 Å². The van der Waals surface area contributed by atoms with Gasteiger partial charge in [0.2, 0.25) is 17.7 Å². The van der Waals surface area contributed by atoms with E-state index in [1.807, 2.05) is 0 Å². The minimum absolute atomic E-state index is 0.166. The number of nitrogens with zero attached hydrogens (tertiary/aromatic N) is 2. The second-order valence-electron chi connectivity index (χ2n) is 5.95. The summed E-state index contributed by atoms with van der Waals surface area (Å²) in [7, 11) is 0. The lowest BCUT2D eigenvalue weighted by Gasteiger charge is -2.35. The Morgan fingerprint density at radius 3 is 2.09 bits per heavy atom. The van der Waals surface area contributed by atoms with Crippen LogP contribution in [0.25, 0.3) is 0 Å². The monoisotopic (exact) mass is 329 g/mol. The largest absolute Gasteiger partial charge is 0.480 e. The van der Waals surface area contributed by atoms with Crippen molar-refractivity contribution in [2.24, 2.45) is 5.73 Å². The number of carbonyl (C=O) groups excluding carboxylic acids is 4. The number of hydrogen-bond donors (Lipinski definition) is 2. The number of carbonyl (C=O) groups is 5. The van der Waals surface area contributed by atoms with Crippen LogP contribution in [0.1, 0.15) is 40.0 Å². The number of ether oxygens (including phenoxy) is 1. The summed E-state index contributed by atoms with van der Waals surface area (Å²) in [5.41, 5.74) is 3.99. The minimum Gasteiger partial charge on any atom is -0.480 e. The molecule has 0 spiro atoms. The van der Waals surface area contributed by atoms with Gasteiger partial charge in [-0.15, -0.1) is 0 Å². The molecule has 1 heterocycles. The van der Waals surface area contributed by atoms with E-state index in [-0.39, 0.29) is 12.8 Å². The molecule has 1 saturated heterocycles. The van der Waals surface area contributed by atoms with Crippen LogP contribution in [0.2, 0.25) is 0 Å². The van der Waals surface area contributed by atoms with Crippen molar-refractivity contribution < 1.29 is 33.8 Å². The Labute approximate surface area is 132 Å². The average molecular weight is 329 g/mol. The topological polar surface area (TPSA) is 147 Å². The van der Waals surface area contributed by atoms with Crippen molar-refractivity contribution in [3.05, 3.63) is 0 Å². The van der Waals surface area contributed by atoms with Gasteiger partial charge in [-0.2, -0.15) is 10.0 Å². The third-order valence-electron chi connectivity index (χ3n) is 2.80. The fourth-order valence-electron chi connectivity index (χ4n) is 1.93. The van der Waals surface area contributed by atoms with Crippen molar-refractivity contribution >= 4 is 29.8 Å². The molecule has 1 aliphatic heterocycles. The molecule has 4 amide bonds. The lowest BCUT2D eigenvalue weighted by Crippen LogP contribution is -2.58. The first-order valence-electron chi connectivity index (χ1n) is 6.83. The molecule has 0 aromatic heterocycles. The molecule has 1 fully saturated rings. The molecular formula is C13H19N3O7. The Kier molecular flexibility index (Phi) is 5.30. The molecule has 0 aliphatic carbocycles. The molecule has 0 bridgehead atoms. The zero-order valence-electron chi connectivity index (χ0n) is 13.1. The van der Waals surface area contributed by atoms with Gasteiger partial charge in [0.15, 0.2) is 6.04 Å². The quantitative estimate of drug-likeness (QED) is 0.653. The van der Waals surface area contributed by atoms with Gasteiger partial charge in [-0.05, 0) is 20.8 Å². The Morgan fingerprint density at radius 1 is 1.26 bits per heavy atom. The molecule has 0 radical (unpaired) electrons. The number of amides is 4. The van der Waals surface area contributed by atoms with Crippen molar-refractivity contribution in [3.8, 4) is 0 Å². The van der Waals surface area contributed by atoms with Crippen molar-refractivity contribution in [2.75, 3.05) is 0 Å². The number of nitrogens with two attached hydrogens (primary N) is 1. The van der Waals surface area contributed by atoms with Gasteiger partial charge in [0, 0.05) is 12.8 Å². The van der Waals surface area contributed by atoms with Gasteiger partial charge in [0.25, 0.3) is 0 Å². The van der Waals surface area contributed by atoms with Gasteiger partial charge in [-0.1, -0.05) is 0 Å². The highest BCUT2D eigenvalue weighted by Gasteiger charge is 2.45. The van der Waals surface area contributed by atoms with E-state index in [4.69, 9.17) is 10.5 Å². The van der Waals surface area contributed by atoms with E-state index in [2.05, 4.69) is 0 Å². The summed E-state index contributed by atoms with van der Waals surface area (Å²) >= 11 is 0. The normalized spacial score (nSPS) is 16.2. The van der Waals surface area contributed by atoms with Crippen LogP contribution in [0.4, 0.5) is 4.79 Å². The number of hydrazine groups is 1. The van der Waals surface area contributed by atoms with Gasteiger partial charge >= 0.3 is 12.1 Å². The third kappa shape index (κ3) is 4.66. The van der Waals surface area contributed by atoms with Crippen molar-refractivity contribution in [1.29, 1.82) is 0 Å². The standard InChI is InChI=1S/C13H19N3O7/c1-13(2,3)23-12(22)15(7(11(20)21)6-8(14)17)16-9(18)4-5-10(16)19/h7H,4-6H2,1-3H3,(H2,14,17)(H,20,21)/t7-/m0/s1. The SMILES string of the molecule is CC(C)(C)OC(=O)N([C@@H](CC(N)=O)C(=O)O)N1C(=O)CCC1=O. The summed E-state index contributed by atoms with van der Waals surface area (Å²) in [6, 6.07) is -1.83. The van der Waals surface area contributed by atoms with Crippen LogP contribution in [-0.4, -0.2) is 56.6 Å². The van der Waals surface area contributed by atoms with E-state index >= 15 is 0 Å². The highest BCUT2D eigenvalue weighted by atomic mass is 16.6. The van der Waals surface area contributed by atoms with Gasteiger partial charge in [0.1, 0.15) is 5.60 Å². The molecule has 128 valence electrons. The number of aliphatic carboxylic acids is 1. The first-order chi connectivity index (χ1) is 10.4. The summed E-state index contributed by atoms with van der Waals surface area (Å²) in [5, 5.41) is 10.0. The summed E-state index contributed by atoms with van der Waals surface area (Å²) < 4.78 is 5.05. The highest BCUT2D eigenvalue weighted by molar-refractivity contribution is 6.03. The number of imide groups is 1. The van der Waals surface area contributed by atoms with Crippen LogP contribution in [0, 0.1) is 0 Å². The van der Waals surface area contributed by atoms with Gasteiger partial charge in [-0.3, -0.25) is 14.4 Å².